The van der Waals surface area contributed by atoms with Crippen LogP contribution in [0.1, 0.15) is 27.3 Å². The molecule has 6 nitrogen and oxygen atoms in total. The molecule has 1 aromatic carbocycles. The molecule has 2 heterocycles. The molecule has 0 unspecified atom stereocenters. The summed E-state index contributed by atoms with van der Waals surface area (Å²) in [6.45, 7) is 4.09. The molecule has 0 aliphatic carbocycles. The van der Waals surface area contributed by atoms with Gasteiger partial charge in [0.25, 0.3) is 5.91 Å². The Labute approximate surface area is 155 Å². The van der Waals surface area contributed by atoms with E-state index in [1.54, 1.807) is 40.0 Å². The van der Waals surface area contributed by atoms with Crippen molar-refractivity contribution in [1.29, 1.82) is 0 Å². The van der Waals surface area contributed by atoms with Crippen LogP contribution in [0, 0.1) is 13.8 Å². The Morgan fingerprint density at radius 3 is 2.52 bits per heavy atom. The smallest absolute Gasteiger partial charge is 0.259 e. The molecule has 130 valence electrons. The lowest BCUT2D eigenvalue weighted by atomic mass is 10.2. The summed E-state index contributed by atoms with van der Waals surface area (Å²) in [5, 5.41) is 12.5. The van der Waals surface area contributed by atoms with E-state index in [1.807, 2.05) is 20.9 Å². The molecule has 1 N–H and O–H groups in total. The number of aromatic nitrogens is 4. The molecule has 3 aromatic rings. The molecule has 0 aliphatic heterocycles. The van der Waals surface area contributed by atoms with E-state index in [9.17, 15) is 4.79 Å². The van der Waals surface area contributed by atoms with Crippen LogP contribution < -0.4 is 5.32 Å². The Bertz CT molecular complexity index is 924. The summed E-state index contributed by atoms with van der Waals surface area (Å²) in [5.74, 6) is -0.210. The SMILES string of the molecule is Cc1nn(C)c(C)c1C(=O)Nc1cnn(Cc2c(Cl)cccc2Cl)c1. The fraction of sp³-hybridized carbons (Fsp3) is 0.235. The molecule has 1 amide bonds. The van der Waals surface area contributed by atoms with Gasteiger partial charge in [0.2, 0.25) is 0 Å². The normalized spacial score (nSPS) is 10.9. The second-order valence-corrected chi connectivity index (χ2v) is 6.56. The van der Waals surface area contributed by atoms with E-state index in [2.05, 4.69) is 15.5 Å². The molecule has 0 fully saturated rings. The Morgan fingerprint density at radius 2 is 1.92 bits per heavy atom. The first-order valence-corrected chi connectivity index (χ1v) is 8.39. The zero-order chi connectivity index (χ0) is 18.1. The van der Waals surface area contributed by atoms with Crippen molar-refractivity contribution in [2.24, 2.45) is 7.05 Å². The summed E-state index contributed by atoms with van der Waals surface area (Å²) in [5.41, 5.74) is 3.45. The van der Waals surface area contributed by atoms with Crippen LogP contribution >= 0.6 is 23.2 Å². The summed E-state index contributed by atoms with van der Waals surface area (Å²) < 4.78 is 3.36. The number of carbonyl (C=O) groups is 1. The molecule has 0 atom stereocenters. The van der Waals surface area contributed by atoms with Crippen LogP contribution in [0.25, 0.3) is 0 Å². The van der Waals surface area contributed by atoms with Gasteiger partial charge in [-0.2, -0.15) is 10.2 Å². The fourth-order valence-electron chi connectivity index (χ4n) is 2.66. The van der Waals surface area contributed by atoms with E-state index in [4.69, 9.17) is 23.2 Å². The zero-order valence-electron chi connectivity index (χ0n) is 14.0. The lowest BCUT2D eigenvalue weighted by Gasteiger charge is -2.07. The third-order valence-electron chi connectivity index (χ3n) is 4.01. The minimum atomic E-state index is -0.210. The van der Waals surface area contributed by atoms with Gasteiger partial charge in [-0.15, -0.1) is 0 Å². The van der Waals surface area contributed by atoms with E-state index >= 15 is 0 Å². The van der Waals surface area contributed by atoms with E-state index < -0.39 is 0 Å². The number of nitrogens with one attached hydrogen (secondary N) is 1. The third kappa shape index (κ3) is 3.55. The summed E-state index contributed by atoms with van der Waals surface area (Å²) in [7, 11) is 1.81. The van der Waals surface area contributed by atoms with Crippen LogP contribution in [0.15, 0.2) is 30.6 Å². The summed E-state index contributed by atoms with van der Waals surface area (Å²) in [6, 6.07) is 5.35. The van der Waals surface area contributed by atoms with E-state index in [1.165, 1.54) is 0 Å². The molecule has 0 aliphatic rings. The van der Waals surface area contributed by atoms with E-state index in [0.29, 0.717) is 33.5 Å². The maximum absolute atomic E-state index is 12.5. The van der Waals surface area contributed by atoms with Crippen molar-refractivity contribution in [3.8, 4) is 0 Å². The van der Waals surface area contributed by atoms with Gasteiger partial charge in [0, 0.05) is 34.5 Å². The maximum Gasteiger partial charge on any atom is 0.259 e. The molecule has 0 spiro atoms. The Morgan fingerprint density at radius 1 is 1.24 bits per heavy atom. The van der Waals surface area contributed by atoms with Crippen molar-refractivity contribution in [1.82, 2.24) is 19.6 Å². The second kappa shape index (κ2) is 6.90. The molecule has 8 heteroatoms. The lowest BCUT2D eigenvalue weighted by molar-refractivity contribution is 0.102. The number of benzene rings is 1. The van der Waals surface area contributed by atoms with Gasteiger partial charge >= 0.3 is 0 Å². The number of halogens is 2. The van der Waals surface area contributed by atoms with Crippen molar-refractivity contribution < 1.29 is 4.79 Å². The minimum absolute atomic E-state index is 0.210. The monoisotopic (exact) mass is 377 g/mol. The second-order valence-electron chi connectivity index (χ2n) is 5.75. The summed E-state index contributed by atoms with van der Waals surface area (Å²) >= 11 is 12.4. The number of hydrogen-bond donors (Lipinski definition) is 1. The van der Waals surface area contributed by atoms with Gasteiger partial charge in [0.05, 0.1) is 29.7 Å². The maximum atomic E-state index is 12.5. The predicted octanol–water partition coefficient (Wildman–Crippen LogP) is 3.84. The van der Waals surface area contributed by atoms with Crippen LogP contribution in [0.2, 0.25) is 10.0 Å². The first kappa shape index (κ1) is 17.5. The Hall–Kier alpha value is -2.31. The van der Waals surface area contributed by atoms with Crippen LogP contribution in [0.5, 0.6) is 0 Å². The van der Waals surface area contributed by atoms with E-state index in [-0.39, 0.29) is 5.91 Å². The van der Waals surface area contributed by atoms with Crippen molar-refractivity contribution >= 4 is 34.8 Å². The number of nitrogens with zero attached hydrogens (tertiary/aromatic N) is 4. The highest BCUT2D eigenvalue weighted by Crippen LogP contribution is 2.25. The molecule has 0 radical (unpaired) electrons. The topological polar surface area (TPSA) is 64.7 Å². The summed E-state index contributed by atoms with van der Waals surface area (Å²) in [6.07, 6.45) is 3.32. The highest BCUT2D eigenvalue weighted by Gasteiger charge is 2.18. The molecule has 3 rings (SSSR count). The molecule has 0 bridgehead atoms. The highest BCUT2D eigenvalue weighted by atomic mass is 35.5. The Balaban J connectivity index is 1.77. The average molecular weight is 378 g/mol. The quantitative estimate of drug-likeness (QED) is 0.750. The van der Waals surface area contributed by atoms with Gasteiger partial charge in [-0.3, -0.25) is 14.2 Å². The van der Waals surface area contributed by atoms with E-state index in [0.717, 1.165) is 11.3 Å². The minimum Gasteiger partial charge on any atom is -0.319 e. The number of hydrogen-bond acceptors (Lipinski definition) is 3. The first-order chi connectivity index (χ1) is 11.9. The third-order valence-corrected chi connectivity index (χ3v) is 4.72. The first-order valence-electron chi connectivity index (χ1n) is 7.63. The predicted molar refractivity (Wildman–Crippen MR) is 98.4 cm³/mol. The van der Waals surface area contributed by atoms with Gasteiger partial charge in [-0.1, -0.05) is 29.3 Å². The van der Waals surface area contributed by atoms with Gasteiger partial charge < -0.3 is 5.32 Å². The van der Waals surface area contributed by atoms with Gasteiger partial charge in [-0.25, -0.2) is 0 Å². The number of rotatable bonds is 4. The average Bonchev–Trinajstić information content (AvgIpc) is 3.08. The van der Waals surface area contributed by atoms with Crippen molar-refractivity contribution in [2.45, 2.75) is 20.4 Å². The zero-order valence-corrected chi connectivity index (χ0v) is 15.6. The van der Waals surface area contributed by atoms with Crippen molar-refractivity contribution in [3.05, 3.63) is 63.2 Å². The highest BCUT2D eigenvalue weighted by molar-refractivity contribution is 6.35. The molecule has 2 aromatic heterocycles. The molecular weight excluding hydrogens is 361 g/mol. The largest absolute Gasteiger partial charge is 0.319 e. The van der Waals surface area contributed by atoms with Gasteiger partial charge in [0.15, 0.2) is 0 Å². The standard InChI is InChI=1S/C17H17Cl2N5O/c1-10-16(11(2)23(3)22-10)17(25)21-12-7-20-24(8-12)9-13-14(18)5-4-6-15(13)19/h4-8H,9H2,1-3H3,(H,21,25). The summed E-state index contributed by atoms with van der Waals surface area (Å²) in [4.78, 5) is 12.5. The number of carbonyl (C=O) groups excluding carboxylic acids is 1. The fourth-order valence-corrected chi connectivity index (χ4v) is 3.17. The molecule has 0 saturated heterocycles. The number of aryl methyl sites for hydroxylation is 2. The Kier molecular flexibility index (Phi) is 4.83. The van der Waals surface area contributed by atoms with Crippen molar-refractivity contribution in [3.63, 3.8) is 0 Å². The van der Waals surface area contributed by atoms with Crippen LogP contribution in [-0.2, 0) is 13.6 Å². The van der Waals surface area contributed by atoms with Gasteiger partial charge in [0.1, 0.15) is 0 Å². The number of anilines is 1. The van der Waals surface area contributed by atoms with Crippen LogP contribution in [0.3, 0.4) is 0 Å². The van der Waals surface area contributed by atoms with Crippen LogP contribution in [-0.4, -0.2) is 25.5 Å². The molecular formula is C17H17Cl2N5O. The molecule has 0 saturated carbocycles. The van der Waals surface area contributed by atoms with Crippen LogP contribution in [0.4, 0.5) is 5.69 Å². The molecule has 25 heavy (non-hydrogen) atoms. The van der Waals surface area contributed by atoms with Crippen molar-refractivity contribution in [2.75, 3.05) is 5.32 Å². The number of amides is 1. The lowest BCUT2D eigenvalue weighted by Crippen LogP contribution is -2.13. The van der Waals surface area contributed by atoms with Gasteiger partial charge in [-0.05, 0) is 26.0 Å².